The quantitative estimate of drug-likeness (QED) is 0.850. The molecule has 18 heavy (non-hydrogen) atoms. The summed E-state index contributed by atoms with van der Waals surface area (Å²) in [4.78, 5) is 15.1. The predicted octanol–water partition coefficient (Wildman–Crippen LogP) is 2.66. The molecule has 1 amide bonds. The summed E-state index contributed by atoms with van der Waals surface area (Å²) in [5, 5.41) is 0.447. The Morgan fingerprint density at radius 1 is 1.28 bits per heavy atom. The number of hydrogen-bond donors (Lipinski definition) is 1. The van der Waals surface area contributed by atoms with Crippen LogP contribution in [0.3, 0.4) is 0 Å². The van der Waals surface area contributed by atoms with Crippen LogP contribution in [-0.2, 0) is 6.18 Å². The summed E-state index contributed by atoms with van der Waals surface area (Å²) >= 11 is 0. The molecule has 0 aliphatic rings. The van der Waals surface area contributed by atoms with E-state index in [4.69, 9.17) is 5.73 Å². The molecule has 2 aromatic rings. The number of carbonyl (C=O) groups excluding carboxylic acids is 1. The smallest absolute Gasteiger partial charge is 0.366 e. The number of nitrogens with two attached hydrogens (primary N) is 1. The van der Waals surface area contributed by atoms with Gasteiger partial charge in [-0.25, -0.2) is 0 Å². The molecule has 1 aromatic heterocycles. The molecular formula is C12H9F3N2O. The van der Waals surface area contributed by atoms with E-state index in [1.54, 1.807) is 0 Å². The largest absolute Gasteiger partial charge is 0.416 e. The van der Waals surface area contributed by atoms with Crippen molar-refractivity contribution in [1.82, 2.24) is 4.98 Å². The van der Waals surface area contributed by atoms with Crippen molar-refractivity contribution in [2.75, 3.05) is 0 Å². The Morgan fingerprint density at radius 2 is 1.94 bits per heavy atom. The molecule has 0 saturated carbocycles. The second kappa shape index (κ2) is 3.97. The van der Waals surface area contributed by atoms with Crippen LogP contribution in [0.5, 0.6) is 0 Å². The lowest BCUT2D eigenvalue weighted by Crippen LogP contribution is -2.13. The van der Waals surface area contributed by atoms with Gasteiger partial charge >= 0.3 is 6.18 Å². The van der Waals surface area contributed by atoms with E-state index in [0.717, 1.165) is 12.1 Å². The Balaban J connectivity index is 2.67. The first-order valence-electron chi connectivity index (χ1n) is 5.07. The molecule has 0 unspecified atom stereocenters. The first-order chi connectivity index (χ1) is 8.29. The topological polar surface area (TPSA) is 56.0 Å². The van der Waals surface area contributed by atoms with Crippen LogP contribution in [0.25, 0.3) is 10.9 Å². The molecule has 3 nitrogen and oxygen atoms in total. The third-order valence-electron chi connectivity index (χ3n) is 2.60. The zero-order chi connectivity index (χ0) is 13.5. The first kappa shape index (κ1) is 12.3. The Bertz CT molecular complexity index is 635. The van der Waals surface area contributed by atoms with Crippen molar-refractivity contribution in [2.45, 2.75) is 13.1 Å². The Morgan fingerprint density at radius 3 is 2.50 bits per heavy atom. The number of amides is 1. The first-order valence-corrected chi connectivity index (χ1v) is 5.07. The number of benzene rings is 1. The number of alkyl halides is 3. The maximum absolute atomic E-state index is 12.5. The highest BCUT2D eigenvalue weighted by Gasteiger charge is 2.30. The standard InChI is InChI=1S/C12H9F3N2O/c1-6-9(11(16)18)4-7-2-3-8(12(13,14)15)5-10(7)17-6/h2-5H,1H3,(H2,16,18). The predicted molar refractivity (Wildman–Crippen MR) is 60.0 cm³/mol. The highest BCUT2D eigenvalue weighted by Crippen LogP contribution is 2.31. The molecule has 2 rings (SSSR count). The Labute approximate surface area is 100 Å². The lowest BCUT2D eigenvalue weighted by Gasteiger charge is -2.09. The van der Waals surface area contributed by atoms with E-state index in [1.165, 1.54) is 19.1 Å². The maximum atomic E-state index is 12.5. The second-order valence-electron chi connectivity index (χ2n) is 3.89. The van der Waals surface area contributed by atoms with Crippen LogP contribution in [-0.4, -0.2) is 10.9 Å². The number of nitrogens with zero attached hydrogens (tertiary/aromatic N) is 1. The van der Waals surface area contributed by atoms with Gasteiger partial charge in [-0.2, -0.15) is 13.2 Å². The van der Waals surface area contributed by atoms with E-state index in [0.29, 0.717) is 11.1 Å². The van der Waals surface area contributed by atoms with Crippen LogP contribution in [0.4, 0.5) is 13.2 Å². The van der Waals surface area contributed by atoms with Crippen LogP contribution in [0.2, 0.25) is 0 Å². The molecule has 0 atom stereocenters. The van der Waals surface area contributed by atoms with E-state index in [9.17, 15) is 18.0 Å². The van der Waals surface area contributed by atoms with Gasteiger partial charge in [0, 0.05) is 5.39 Å². The van der Waals surface area contributed by atoms with Gasteiger partial charge in [-0.1, -0.05) is 6.07 Å². The number of fused-ring (bicyclic) bond motifs is 1. The van der Waals surface area contributed by atoms with Crippen molar-refractivity contribution < 1.29 is 18.0 Å². The van der Waals surface area contributed by atoms with Crippen LogP contribution in [0, 0.1) is 6.92 Å². The number of aromatic nitrogens is 1. The number of hydrogen-bond acceptors (Lipinski definition) is 2. The summed E-state index contributed by atoms with van der Waals surface area (Å²) < 4.78 is 37.6. The minimum Gasteiger partial charge on any atom is -0.366 e. The monoisotopic (exact) mass is 254 g/mol. The van der Waals surface area contributed by atoms with Crippen molar-refractivity contribution in [3.05, 3.63) is 41.1 Å². The van der Waals surface area contributed by atoms with Crippen molar-refractivity contribution in [1.29, 1.82) is 0 Å². The van der Waals surface area contributed by atoms with Crippen molar-refractivity contribution in [3.8, 4) is 0 Å². The van der Waals surface area contributed by atoms with Gasteiger partial charge in [-0.05, 0) is 25.1 Å². The number of primary amides is 1. The molecule has 0 saturated heterocycles. The Kier molecular flexibility index (Phi) is 2.73. The van der Waals surface area contributed by atoms with Crippen LogP contribution >= 0.6 is 0 Å². The summed E-state index contributed by atoms with van der Waals surface area (Å²) in [5.74, 6) is -0.651. The summed E-state index contributed by atoms with van der Waals surface area (Å²) in [5.41, 5.74) is 5.09. The molecule has 0 fully saturated rings. The molecular weight excluding hydrogens is 245 g/mol. The Hall–Kier alpha value is -2.11. The van der Waals surface area contributed by atoms with E-state index in [2.05, 4.69) is 4.98 Å². The molecule has 1 aromatic carbocycles. The zero-order valence-corrected chi connectivity index (χ0v) is 9.38. The number of halogens is 3. The van der Waals surface area contributed by atoms with E-state index >= 15 is 0 Å². The summed E-state index contributed by atoms with van der Waals surface area (Å²) in [6, 6.07) is 4.62. The maximum Gasteiger partial charge on any atom is 0.416 e. The van der Waals surface area contributed by atoms with Crippen molar-refractivity contribution in [2.24, 2.45) is 5.73 Å². The average molecular weight is 254 g/mol. The molecule has 0 spiro atoms. The van der Waals surface area contributed by atoms with E-state index < -0.39 is 17.6 Å². The lowest BCUT2D eigenvalue weighted by atomic mass is 10.1. The van der Waals surface area contributed by atoms with Gasteiger partial charge in [0.05, 0.1) is 22.3 Å². The fraction of sp³-hybridized carbons (Fsp3) is 0.167. The molecule has 0 aliphatic heterocycles. The third-order valence-corrected chi connectivity index (χ3v) is 2.60. The number of pyridine rings is 1. The van der Waals surface area contributed by atoms with Gasteiger partial charge < -0.3 is 5.73 Å². The van der Waals surface area contributed by atoms with Crippen molar-refractivity contribution >= 4 is 16.8 Å². The van der Waals surface area contributed by atoms with Gasteiger partial charge in [-0.15, -0.1) is 0 Å². The van der Waals surface area contributed by atoms with Gasteiger partial charge in [0.2, 0.25) is 0 Å². The lowest BCUT2D eigenvalue weighted by molar-refractivity contribution is -0.137. The molecule has 94 valence electrons. The number of carbonyl (C=O) groups is 1. The molecule has 2 N–H and O–H groups in total. The van der Waals surface area contributed by atoms with Gasteiger partial charge in [-0.3, -0.25) is 9.78 Å². The highest BCUT2D eigenvalue weighted by molar-refractivity contribution is 5.97. The summed E-state index contributed by atoms with van der Waals surface area (Å²) in [6.07, 6.45) is -4.41. The van der Waals surface area contributed by atoms with E-state index in [1.807, 2.05) is 0 Å². The van der Waals surface area contributed by atoms with Gasteiger partial charge in [0.25, 0.3) is 5.91 Å². The minimum absolute atomic E-state index is 0.187. The average Bonchev–Trinajstić information content (AvgIpc) is 2.25. The molecule has 0 aliphatic carbocycles. The highest BCUT2D eigenvalue weighted by atomic mass is 19.4. The molecule has 0 radical (unpaired) electrons. The minimum atomic E-state index is -4.41. The number of aryl methyl sites for hydroxylation is 1. The second-order valence-corrected chi connectivity index (χ2v) is 3.89. The van der Waals surface area contributed by atoms with E-state index in [-0.39, 0.29) is 11.1 Å². The summed E-state index contributed by atoms with van der Waals surface area (Å²) in [6.45, 7) is 1.53. The van der Waals surface area contributed by atoms with Gasteiger partial charge in [0.15, 0.2) is 0 Å². The van der Waals surface area contributed by atoms with Crippen LogP contribution in [0.15, 0.2) is 24.3 Å². The van der Waals surface area contributed by atoms with Crippen LogP contribution in [0.1, 0.15) is 21.6 Å². The normalized spacial score (nSPS) is 11.8. The third kappa shape index (κ3) is 2.13. The fourth-order valence-electron chi connectivity index (χ4n) is 1.69. The summed E-state index contributed by atoms with van der Waals surface area (Å²) in [7, 11) is 0. The number of rotatable bonds is 1. The SMILES string of the molecule is Cc1nc2cc(C(F)(F)F)ccc2cc1C(N)=O. The van der Waals surface area contributed by atoms with Crippen molar-refractivity contribution in [3.63, 3.8) is 0 Å². The molecule has 6 heteroatoms. The zero-order valence-electron chi connectivity index (χ0n) is 9.38. The van der Waals surface area contributed by atoms with Crippen LogP contribution < -0.4 is 5.73 Å². The molecule has 1 heterocycles. The fourth-order valence-corrected chi connectivity index (χ4v) is 1.69. The molecule has 0 bridgehead atoms. The van der Waals surface area contributed by atoms with Gasteiger partial charge in [0.1, 0.15) is 0 Å².